The molecule has 0 aromatic rings. The average molecular weight is 206 g/mol. The maximum absolute atomic E-state index is 11.6. The molecule has 0 unspecified atom stereocenters. The van der Waals surface area contributed by atoms with E-state index in [2.05, 4.69) is 0 Å². The van der Waals surface area contributed by atoms with Crippen LogP contribution >= 0.6 is 0 Å². The minimum atomic E-state index is -3.06. The van der Waals surface area contributed by atoms with Gasteiger partial charge in [-0.1, -0.05) is 6.92 Å². The third-order valence-corrected chi connectivity index (χ3v) is 4.08. The molecule has 0 atom stereocenters. The molecule has 0 aromatic carbocycles. The maximum atomic E-state index is 11.6. The summed E-state index contributed by atoms with van der Waals surface area (Å²) in [6.07, 6.45) is 2.91. The van der Waals surface area contributed by atoms with Crippen LogP contribution in [0.25, 0.3) is 0 Å². The van der Waals surface area contributed by atoms with Gasteiger partial charge in [-0.15, -0.1) is 0 Å². The van der Waals surface area contributed by atoms with Gasteiger partial charge in [0.15, 0.2) is 0 Å². The largest absolute Gasteiger partial charge is 0.329 e. The van der Waals surface area contributed by atoms with E-state index in [0.29, 0.717) is 6.54 Å². The number of rotatable bonds is 6. The Morgan fingerprint density at radius 3 is 2.46 bits per heavy atom. The molecule has 0 heterocycles. The normalized spacial score (nSPS) is 18.1. The van der Waals surface area contributed by atoms with E-state index < -0.39 is 10.0 Å². The molecule has 0 amide bonds. The lowest BCUT2D eigenvalue weighted by molar-refractivity contribution is 0.403. The smallest absolute Gasteiger partial charge is 0.215 e. The number of hydrogen-bond donors (Lipinski definition) is 1. The van der Waals surface area contributed by atoms with Crippen molar-refractivity contribution in [2.24, 2.45) is 5.73 Å². The van der Waals surface area contributed by atoms with Crippen LogP contribution in [0.2, 0.25) is 0 Å². The van der Waals surface area contributed by atoms with Crippen LogP contribution in [0.15, 0.2) is 0 Å². The Morgan fingerprint density at radius 1 is 1.46 bits per heavy atom. The monoisotopic (exact) mass is 206 g/mol. The first kappa shape index (κ1) is 10.9. The van der Waals surface area contributed by atoms with E-state index in [4.69, 9.17) is 5.73 Å². The zero-order chi connectivity index (χ0) is 9.90. The molecule has 13 heavy (non-hydrogen) atoms. The van der Waals surface area contributed by atoms with Crippen molar-refractivity contribution < 1.29 is 8.42 Å². The minimum Gasteiger partial charge on any atom is -0.329 e. The van der Waals surface area contributed by atoms with Crippen LogP contribution in [0.5, 0.6) is 0 Å². The van der Waals surface area contributed by atoms with Gasteiger partial charge in [-0.2, -0.15) is 4.31 Å². The molecular formula is C8H18N2O2S. The zero-order valence-electron chi connectivity index (χ0n) is 8.07. The van der Waals surface area contributed by atoms with Crippen LogP contribution in [-0.4, -0.2) is 37.6 Å². The van der Waals surface area contributed by atoms with E-state index in [9.17, 15) is 8.42 Å². The van der Waals surface area contributed by atoms with E-state index in [-0.39, 0.29) is 18.3 Å². The topological polar surface area (TPSA) is 63.4 Å². The molecule has 1 aliphatic rings. The fourth-order valence-electron chi connectivity index (χ4n) is 1.40. The highest BCUT2D eigenvalue weighted by Gasteiger charge is 2.35. The summed E-state index contributed by atoms with van der Waals surface area (Å²) in [6.45, 7) is 2.86. The highest BCUT2D eigenvalue weighted by molar-refractivity contribution is 7.89. The molecule has 2 N–H and O–H groups in total. The first-order chi connectivity index (χ1) is 6.11. The highest BCUT2D eigenvalue weighted by Crippen LogP contribution is 2.29. The van der Waals surface area contributed by atoms with Gasteiger partial charge in [-0.05, 0) is 19.3 Å². The second kappa shape index (κ2) is 4.39. The molecule has 5 heteroatoms. The molecule has 0 radical (unpaired) electrons. The molecule has 1 saturated carbocycles. The van der Waals surface area contributed by atoms with Gasteiger partial charge >= 0.3 is 0 Å². The van der Waals surface area contributed by atoms with Gasteiger partial charge in [-0.25, -0.2) is 8.42 Å². The van der Waals surface area contributed by atoms with Gasteiger partial charge in [0.2, 0.25) is 10.0 Å². The molecule has 0 spiro atoms. The highest BCUT2D eigenvalue weighted by atomic mass is 32.2. The molecule has 0 aliphatic heterocycles. The van der Waals surface area contributed by atoms with Crippen LogP contribution in [0.3, 0.4) is 0 Å². The summed E-state index contributed by atoms with van der Waals surface area (Å²) in [7, 11) is -3.06. The molecule has 0 bridgehead atoms. The van der Waals surface area contributed by atoms with Crippen LogP contribution in [0, 0.1) is 0 Å². The summed E-state index contributed by atoms with van der Waals surface area (Å²) >= 11 is 0. The average Bonchev–Trinajstić information content (AvgIpc) is 2.82. The predicted molar refractivity (Wildman–Crippen MR) is 52.9 cm³/mol. The van der Waals surface area contributed by atoms with E-state index >= 15 is 0 Å². The predicted octanol–water partition coefficient (Wildman–Crippen LogP) is 0.149. The Labute approximate surface area is 80.1 Å². The summed E-state index contributed by atoms with van der Waals surface area (Å²) in [5.74, 6) is 0.0868. The second-order valence-corrected chi connectivity index (χ2v) is 5.49. The number of hydrogen-bond acceptors (Lipinski definition) is 3. The zero-order valence-corrected chi connectivity index (χ0v) is 8.89. The Bertz CT molecular complexity index is 247. The number of nitrogens with two attached hydrogens (primary N) is 1. The quantitative estimate of drug-likeness (QED) is 0.673. The molecule has 0 aromatic heterocycles. The van der Waals surface area contributed by atoms with Crippen molar-refractivity contribution in [2.45, 2.75) is 32.2 Å². The SMILES string of the molecule is CCCN(C1CC1)S(=O)(=O)CCN. The summed E-state index contributed by atoms with van der Waals surface area (Å²) in [4.78, 5) is 0. The Hall–Kier alpha value is -0.130. The summed E-state index contributed by atoms with van der Waals surface area (Å²) in [6, 6.07) is 0.275. The van der Waals surface area contributed by atoms with E-state index in [0.717, 1.165) is 19.3 Å². The van der Waals surface area contributed by atoms with Crippen molar-refractivity contribution >= 4 is 10.0 Å². The molecule has 1 aliphatic carbocycles. The first-order valence-electron chi connectivity index (χ1n) is 4.81. The molecule has 78 valence electrons. The Morgan fingerprint density at radius 2 is 2.08 bits per heavy atom. The van der Waals surface area contributed by atoms with Crippen molar-refractivity contribution in [2.75, 3.05) is 18.8 Å². The molecule has 1 fully saturated rings. The van der Waals surface area contributed by atoms with Crippen molar-refractivity contribution in [3.05, 3.63) is 0 Å². The van der Waals surface area contributed by atoms with Crippen LogP contribution < -0.4 is 5.73 Å². The Balaban J connectivity index is 2.61. The van der Waals surface area contributed by atoms with Gasteiger partial charge in [0.25, 0.3) is 0 Å². The molecule has 1 rings (SSSR count). The summed E-state index contributed by atoms with van der Waals surface area (Å²) in [5.41, 5.74) is 5.26. The lowest BCUT2D eigenvalue weighted by Crippen LogP contribution is -2.37. The van der Waals surface area contributed by atoms with E-state index in [1.54, 1.807) is 4.31 Å². The van der Waals surface area contributed by atoms with E-state index in [1.807, 2.05) is 6.92 Å². The van der Waals surface area contributed by atoms with Gasteiger partial charge < -0.3 is 5.73 Å². The van der Waals surface area contributed by atoms with Crippen molar-refractivity contribution in [3.63, 3.8) is 0 Å². The fraction of sp³-hybridized carbons (Fsp3) is 1.00. The van der Waals surface area contributed by atoms with Gasteiger partial charge in [0.05, 0.1) is 5.75 Å². The van der Waals surface area contributed by atoms with Crippen LogP contribution in [0.4, 0.5) is 0 Å². The number of sulfonamides is 1. The van der Waals surface area contributed by atoms with Crippen molar-refractivity contribution in [1.29, 1.82) is 0 Å². The van der Waals surface area contributed by atoms with Crippen molar-refractivity contribution in [1.82, 2.24) is 4.31 Å². The van der Waals surface area contributed by atoms with Crippen LogP contribution in [-0.2, 0) is 10.0 Å². The van der Waals surface area contributed by atoms with E-state index in [1.165, 1.54) is 0 Å². The van der Waals surface area contributed by atoms with Gasteiger partial charge in [0.1, 0.15) is 0 Å². The van der Waals surface area contributed by atoms with Gasteiger partial charge in [-0.3, -0.25) is 0 Å². The van der Waals surface area contributed by atoms with Gasteiger partial charge in [0, 0.05) is 19.1 Å². The second-order valence-electron chi connectivity index (χ2n) is 3.45. The summed E-state index contributed by atoms with van der Waals surface area (Å²) in [5, 5.41) is 0. The lowest BCUT2D eigenvalue weighted by Gasteiger charge is -2.20. The molecule has 0 saturated heterocycles. The third-order valence-electron chi connectivity index (χ3n) is 2.13. The number of nitrogens with zero attached hydrogens (tertiary/aromatic N) is 1. The Kier molecular flexibility index (Phi) is 3.70. The summed E-state index contributed by atoms with van der Waals surface area (Å²) < 4.78 is 24.9. The van der Waals surface area contributed by atoms with Crippen LogP contribution in [0.1, 0.15) is 26.2 Å². The molecule has 4 nitrogen and oxygen atoms in total. The minimum absolute atomic E-state index is 0.0868. The lowest BCUT2D eigenvalue weighted by atomic mass is 10.5. The standard InChI is InChI=1S/C8H18N2O2S/c1-2-6-10(8-3-4-8)13(11,12)7-5-9/h8H,2-7,9H2,1H3. The third kappa shape index (κ3) is 2.93. The molecular weight excluding hydrogens is 188 g/mol. The fourth-order valence-corrected chi connectivity index (χ4v) is 3.06. The van der Waals surface area contributed by atoms with Crippen molar-refractivity contribution in [3.8, 4) is 0 Å². The maximum Gasteiger partial charge on any atom is 0.215 e. The first-order valence-corrected chi connectivity index (χ1v) is 6.42.